The highest BCUT2D eigenvalue weighted by atomic mass is 16.5. The number of nitrogens with zero attached hydrogens (tertiary/aromatic N) is 3. The van der Waals surface area contributed by atoms with Gasteiger partial charge in [-0.1, -0.05) is 18.2 Å². The quantitative estimate of drug-likeness (QED) is 0.863. The Morgan fingerprint density at radius 1 is 1.26 bits per heavy atom. The maximum absolute atomic E-state index is 12.4. The van der Waals surface area contributed by atoms with Crippen LogP contribution in [-0.4, -0.2) is 54.0 Å². The topological polar surface area (TPSA) is 58.8 Å². The number of ether oxygens (including phenoxy) is 1. The zero-order chi connectivity index (χ0) is 16.2. The van der Waals surface area contributed by atoms with Crippen LogP contribution < -0.4 is 4.74 Å². The van der Waals surface area contributed by atoms with Gasteiger partial charge in [-0.15, -0.1) is 0 Å². The van der Waals surface area contributed by atoms with E-state index in [2.05, 4.69) is 16.0 Å². The Morgan fingerprint density at radius 2 is 2.00 bits per heavy atom. The minimum atomic E-state index is -0.0480. The maximum atomic E-state index is 12.4. The van der Waals surface area contributed by atoms with E-state index in [0.717, 1.165) is 25.4 Å². The minimum absolute atomic E-state index is 0.0480. The Balaban J connectivity index is 1.58. The van der Waals surface area contributed by atoms with Gasteiger partial charge in [-0.2, -0.15) is 0 Å². The number of aryl methyl sites for hydroxylation is 1. The van der Waals surface area contributed by atoms with E-state index in [0.29, 0.717) is 24.5 Å². The van der Waals surface area contributed by atoms with Crippen molar-refractivity contribution in [3.63, 3.8) is 0 Å². The van der Waals surface area contributed by atoms with E-state index in [1.807, 2.05) is 23.1 Å². The third kappa shape index (κ3) is 3.37. The van der Waals surface area contributed by atoms with Gasteiger partial charge >= 0.3 is 0 Å². The number of hydrogen-bond acceptors (Lipinski definition) is 5. The summed E-state index contributed by atoms with van der Waals surface area (Å²) < 4.78 is 10.5. The van der Waals surface area contributed by atoms with Crippen LogP contribution in [0.15, 0.2) is 35.1 Å². The first-order chi connectivity index (χ1) is 11.2. The number of carbonyl (C=O) groups is 1. The van der Waals surface area contributed by atoms with Gasteiger partial charge in [-0.3, -0.25) is 9.69 Å². The molecule has 1 aromatic heterocycles. The molecule has 2 aromatic rings. The molecule has 122 valence electrons. The van der Waals surface area contributed by atoms with Crippen LogP contribution >= 0.6 is 0 Å². The summed E-state index contributed by atoms with van der Waals surface area (Å²) in [6, 6.07) is 8.04. The number of oxazole rings is 1. The second-order valence-corrected chi connectivity index (χ2v) is 5.64. The Bertz CT molecular complexity index is 675. The fraction of sp³-hybridized carbons (Fsp3) is 0.412. The predicted octanol–water partition coefficient (Wildman–Crippen LogP) is 1.95. The van der Waals surface area contributed by atoms with Crippen molar-refractivity contribution < 1.29 is 13.9 Å². The molecule has 23 heavy (non-hydrogen) atoms. The van der Waals surface area contributed by atoms with E-state index in [9.17, 15) is 4.79 Å². The maximum Gasteiger partial charge on any atom is 0.276 e. The highest BCUT2D eigenvalue weighted by Crippen LogP contribution is 2.20. The fourth-order valence-electron chi connectivity index (χ4n) is 2.84. The standard InChI is InChI=1S/C17H21N3O3/c1-13-16(18-12-23-13)17(21)20-9-7-19(8-10-20)11-14-5-3-4-6-15(14)22-2/h3-6,12H,7-11H2,1-2H3. The molecule has 0 unspecified atom stereocenters. The van der Waals surface area contributed by atoms with Crippen LogP contribution in [0, 0.1) is 6.92 Å². The van der Waals surface area contributed by atoms with Crippen LogP contribution in [0.4, 0.5) is 0 Å². The molecule has 6 heteroatoms. The predicted molar refractivity (Wildman–Crippen MR) is 85.4 cm³/mol. The van der Waals surface area contributed by atoms with Gasteiger partial charge in [0.2, 0.25) is 0 Å². The van der Waals surface area contributed by atoms with Crippen molar-refractivity contribution >= 4 is 5.91 Å². The van der Waals surface area contributed by atoms with Crippen molar-refractivity contribution in [2.45, 2.75) is 13.5 Å². The first kappa shape index (κ1) is 15.6. The van der Waals surface area contributed by atoms with Crippen LogP contribution in [0.25, 0.3) is 0 Å². The van der Waals surface area contributed by atoms with E-state index >= 15 is 0 Å². The molecule has 0 radical (unpaired) electrons. The molecule has 1 fully saturated rings. The number of para-hydroxylation sites is 1. The zero-order valence-corrected chi connectivity index (χ0v) is 13.5. The Kier molecular flexibility index (Phi) is 4.62. The molecular weight excluding hydrogens is 294 g/mol. The van der Waals surface area contributed by atoms with Gasteiger partial charge in [-0.05, 0) is 13.0 Å². The van der Waals surface area contributed by atoms with Crippen LogP contribution in [0.5, 0.6) is 5.75 Å². The van der Waals surface area contributed by atoms with Crippen molar-refractivity contribution in [3.05, 3.63) is 47.7 Å². The number of benzene rings is 1. The average molecular weight is 315 g/mol. The largest absolute Gasteiger partial charge is 0.496 e. The number of rotatable bonds is 4. The molecule has 1 saturated heterocycles. The number of methoxy groups -OCH3 is 1. The Hall–Kier alpha value is -2.34. The second kappa shape index (κ2) is 6.83. The minimum Gasteiger partial charge on any atom is -0.496 e. The highest BCUT2D eigenvalue weighted by molar-refractivity contribution is 5.93. The van der Waals surface area contributed by atoms with Gasteiger partial charge in [-0.25, -0.2) is 4.98 Å². The van der Waals surface area contributed by atoms with Crippen LogP contribution in [-0.2, 0) is 6.54 Å². The molecule has 2 heterocycles. The first-order valence-corrected chi connectivity index (χ1v) is 7.72. The van der Waals surface area contributed by atoms with Gasteiger partial charge in [0.1, 0.15) is 11.5 Å². The monoisotopic (exact) mass is 315 g/mol. The number of carbonyl (C=O) groups excluding carboxylic acids is 1. The Morgan fingerprint density at radius 3 is 2.65 bits per heavy atom. The van der Waals surface area contributed by atoms with E-state index in [1.165, 1.54) is 12.0 Å². The molecule has 0 aliphatic carbocycles. The lowest BCUT2D eigenvalue weighted by atomic mass is 10.1. The fourth-order valence-corrected chi connectivity index (χ4v) is 2.84. The van der Waals surface area contributed by atoms with Crippen LogP contribution in [0.1, 0.15) is 21.8 Å². The summed E-state index contributed by atoms with van der Waals surface area (Å²) in [4.78, 5) is 20.6. The molecule has 0 N–H and O–H groups in total. The van der Waals surface area contributed by atoms with Crippen molar-refractivity contribution in [2.75, 3.05) is 33.3 Å². The van der Waals surface area contributed by atoms with E-state index in [-0.39, 0.29) is 5.91 Å². The summed E-state index contributed by atoms with van der Waals surface area (Å²) in [6.07, 6.45) is 1.32. The lowest BCUT2D eigenvalue weighted by Crippen LogP contribution is -2.48. The number of aromatic nitrogens is 1. The van der Waals surface area contributed by atoms with Crippen molar-refractivity contribution in [3.8, 4) is 5.75 Å². The third-order valence-corrected chi connectivity index (χ3v) is 4.19. The summed E-state index contributed by atoms with van der Waals surface area (Å²) in [5.74, 6) is 1.43. The van der Waals surface area contributed by atoms with Crippen LogP contribution in [0.2, 0.25) is 0 Å². The van der Waals surface area contributed by atoms with Crippen molar-refractivity contribution in [1.82, 2.24) is 14.8 Å². The molecule has 1 aliphatic heterocycles. The molecule has 1 aromatic carbocycles. The first-order valence-electron chi connectivity index (χ1n) is 7.72. The SMILES string of the molecule is COc1ccccc1CN1CCN(C(=O)c2ncoc2C)CC1. The smallest absolute Gasteiger partial charge is 0.276 e. The zero-order valence-electron chi connectivity index (χ0n) is 13.5. The Labute approximate surface area is 135 Å². The third-order valence-electron chi connectivity index (χ3n) is 4.19. The van der Waals surface area contributed by atoms with Gasteiger partial charge in [0.25, 0.3) is 5.91 Å². The molecule has 0 bridgehead atoms. The molecule has 1 aliphatic rings. The molecule has 1 amide bonds. The lowest BCUT2D eigenvalue weighted by molar-refractivity contribution is 0.0620. The lowest BCUT2D eigenvalue weighted by Gasteiger charge is -2.34. The normalized spacial score (nSPS) is 15.7. The highest BCUT2D eigenvalue weighted by Gasteiger charge is 2.25. The molecular formula is C17H21N3O3. The molecule has 6 nitrogen and oxygen atoms in total. The number of amides is 1. The second-order valence-electron chi connectivity index (χ2n) is 5.64. The van der Waals surface area contributed by atoms with Gasteiger partial charge in [0.05, 0.1) is 7.11 Å². The number of hydrogen-bond donors (Lipinski definition) is 0. The molecule has 0 atom stereocenters. The van der Waals surface area contributed by atoms with Crippen LogP contribution in [0.3, 0.4) is 0 Å². The summed E-state index contributed by atoms with van der Waals surface area (Å²) >= 11 is 0. The summed E-state index contributed by atoms with van der Waals surface area (Å²) in [7, 11) is 1.69. The summed E-state index contributed by atoms with van der Waals surface area (Å²) in [6.45, 7) is 5.65. The van der Waals surface area contributed by atoms with Crippen molar-refractivity contribution in [1.29, 1.82) is 0 Å². The molecule has 0 spiro atoms. The average Bonchev–Trinajstić information content (AvgIpc) is 3.01. The molecule has 0 saturated carbocycles. The summed E-state index contributed by atoms with van der Waals surface area (Å²) in [5.41, 5.74) is 1.59. The van der Waals surface area contributed by atoms with Gasteiger partial charge in [0, 0.05) is 38.3 Å². The molecule has 3 rings (SSSR count). The van der Waals surface area contributed by atoms with Gasteiger partial charge < -0.3 is 14.1 Å². The number of piperazine rings is 1. The summed E-state index contributed by atoms with van der Waals surface area (Å²) in [5, 5.41) is 0. The van der Waals surface area contributed by atoms with E-state index in [4.69, 9.17) is 9.15 Å². The van der Waals surface area contributed by atoms with Crippen molar-refractivity contribution in [2.24, 2.45) is 0 Å². The van der Waals surface area contributed by atoms with E-state index < -0.39 is 0 Å². The van der Waals surface area contributed by atoms with Gasteiger partial charge in [0.15, 0.2) is 12.1 Å². The van der Waals surface area contributed by atoms with E-state index in [1.54, 1.807) is 14.0 Å².